The second kappa shape index (κ2) is 51.1. The zero-order valence-corrected chi connectivity index (χ0v) is 48.5. The number of amides is 6. The Morgan fingerprint density at radius 3 is 1.23 bits per heavy atom. The molecule has 0 bridgehead atoms. The molecule has 6 amide bonds. The summed E-state index contributed by atoms with van der Waals surface area (Å²) in [6.07, 6.45) is 7.27. The van der Waals surface area contributed by atoms with E-state index in [9.17, 15) is 38.4 Å². The Morgan fingerprint density at radius 2 is 1.04 bits per heavy atom. The van der Waals surface area contributed by atoms with Crippen LogP contribution in [0.4, 0.5) is 0 Å². The highest BCUT2D eigenvalue weighted by molar-refractivity contribution is 5.79. The first-order valence-corrected chi connectivity index (χ1v) is 24.9. The van der Waals surface area contributed by atoms with E-state index in [0.29, 0.717) is 32.4 Å². The molecule has 0 spiro atoms. The number of esters is 2. The molecule has 1 saturated carbocycles. The molecule has 71 heavy (non-hydrogen) atoms. The van der Waals surface area contributed by atoms with Crippen LogP contribution in [-0.4, -0.2) is 117 Å². The summed E-state index contributed by atoms with van der Waals surface area (Å²) >= 11 is 0. The summed E-state index contributed by atoms with van der Waals surface area (Å²) in [6.45, 7) is 44.4. The van der Waals surface area contributed by atoms with Crippen molar-refractivity contribution in [1.29, 1.82) is 5.26 Å². The first kappa shape index (κ1) is 79.9. The largest absolute Gasteiger partial charge is 0.469 e. The lowest BCUT2D eigenvalue weighted by molar-refractivity contribution is -0.147. The van der Waals surface area contributed by atoms with Crippen molar-refractivity contribution in [3.8, 4) is 18.4 Å². The van der Waals surface area contributed by atoms with Gasteiger partial charge in [0.25, 0.3) is 0 Å². The monoisotopic (exact) mass is 1010 g/mol. The molecule has 2 rings (SSSR count). The summed E-state index contributed by atoms with van der Waals surface area (Å²) in [6, 6.07) is 3.08. The third-order valence-electron chi connectivity index (χ3n) is 7.86. The molecule has 0 atom stereocenters. The third-order valence-corrected chi connectivity index (χ3v) is 7.86. The van der Waals surface area contributed by atoms with Crippen LogP contribution in [0.1, 0.15) is 165 Å². The van der Waals surface area contributed by atoms with Gasteiger partial charge in [-0.2, -0.15) is 5.26 Å². The van der Waals surface area contributed by atoms with Crippen molar-refractivity contribution in [1.82, 2.24) is 26.2 Å². The fourth-order valence-corrected chi connectivity index (χ4v) is 3.49. The maximum Gasteiger partial charge on any atom is 0.308 e. The lowest BCUT2D eigenvalue weighted by Crippen LogP contribution is -2.42. The van der Waals surface area contributed by atoms with Crippen LogP contribution in [0.3, 0.4) is 0 Å². The fourth-order valence-electron chi connectivity index (χ4n) is 3.49. The molecule has 0 aromatic carbocycles. The van der Waals surface area contributed by atoms with Crippen LogP contribution >= 0.6 is 0 Å². The maximum absolute atomic E-state index is 11.4. The number of nitrogens with two attached hydrogens (primary N) is 1. The Kier molecular flexibility index (Phi) is 57.5. The van der Waals surface area contributed by atoms with E-state index in [4.69, 9.17) is 22.2 Å². The van der Waals surface area contributed by atoms with Gasteiger partial charge in [0.1, 0.15) is 0 Å². The van der Waals surface area contributed by atoms with Gasteiger partial charge in [-0.15, -0.1) is 6.42 Å². The van der Waals surface area contributed by atoms with Crippen LogP contribution in [0.2, 0.25) is 0 Å². The molecule has 1 heterocycles. The van der Waals surface area contributed by atoms with Crippen molar-refractivity contribution in [2.24, 2.45) is 53.1 Å². The fraction of sp³-hybridized carbons (Fsp3) is 0.792. The molecule has 0 aromatic heterocycles. The standard InChI is InChI=1S/C8H15NO2.C7H13NO.C7H15NO.C7H11NO.C6H12O2.C5H11NO.C5H10O2.C4H9NO.C4H7N/c1-7(2)8(10)9-3-5-11-6-4-9;1-5(2)7(9)8-6-3-4-6;1-5(2)7(9)8-6(3)4;1-4-5-8-7(9)6(2)3;1-4-8-6(7)5(2)3;1-4(2)6-5(3)7;1-4(2)5(6)7-3;1-3(2)4(5)6;1-4(2)3-5/h7H,3-6H2,1-2H3;5-6H,3-4H2,1-2H3,(H,8,9);5-6H,1-4H3,(H,8,9);1,6H,5H2,2-3H3,(H,8,9);5H,4H2,1-3H3;4H,1-3H3,(H,6,7);4H,1-3H3;3H,1-2H3,(H2,5,6);4H,1-2H3. The zero-order valence-electron chi connectivity index (χ0n) is 48.5. The predicted molar refractivity (Wildman–Crippen MR) is 285 cm³/mol. The van der Waals surface area contributed by atoms with Gasteiger partial charge in [-0.05, 0) is 61.3 Å². The van der Waals surface area contributed by atoms with Crippen molar-refractivity contribution in [3.05, 3.63) is 0 Å². The van der Waals surface area contributed by atoms with Crippen LogP contribution in [0.5, 0.6) is 0 Å². The average Bonchev–Trinajstić information content (AvgIpc) is 4.10. The summed E-state index contributed by atoms with van der Waals surface area (Å²) < 4.78 is 14.2. The number of terminal acetylenes is 1. The number of rotatable bonds is 12. The Bertz CT molecular complexity index is 1480. The first-order valence-electron chi connectivity index (χ1n) is 24.9. The number of nitrogens with one attached hydrogen (secondary N) is 4. The summed E-state index contributed by atoms with van der Waals surface area (Å²) in [5.41, 5.74) is 4.80. The predicted octanol–water partition coefficient (Wildman–Crippen LogP) is 6.83. The number of nitrogens with zero attached hydrogens (tertiary/aromatic N) is 2. The van der Waals surface area contributed by atoms with Crippen LogP contribution in [0, 0.1) is 71.0 Å². The molecule has 6 N–H and O–H groups in total. The van der Waals surface area contributed by atoms with Crippen LogP contribution in [-0.2, 0) is 52.6 Å². The van der Waals surface area contributed by atoms with E-state index >= 15 is 0 Å². The van der Waals surface area contributed by atoms with Crippen molar-refractivity contribution in [2.45, 2.75) is 183 Å². The summed E-state index contributed by atoms with van der Waals surface area (Å²) in [5.74, 6) is 3.01. The van der Waals surface area contributed by atoms with Gasteiger partial charge in [0, 0.05) is 73.6 Å². The van der Waals surface area contributed by atoms with Crippen molar-refractivity contribution < 1.29 is 52.6 Å². The molecule has 1 aliphatic heterocycles. The number of carbonyl (C=O) groups is 8. The summed E-state index contributed by atoms with van der Waals surface area (Å²) in [4.78, 5) is 86.5. The minimum Gasteiger partial charge on any atom is -0.469 e. The van der Waals surface area contributed by atoms with E-state index < -0.39 is 0 Å². The highest BCUT2D eigenvalue weighted by atomic mass is 16.5. The van der Waals surface area contributed by atoms with E-state index in [1.807, 2.05) is 122 Å². The number of hydrogen-bond acceptors (Lipinski definition) is 12. The minimum absolute atomic E-state index is 0.00463. The number of morpholine rings is 1. The van der Waals surface area contributed by atoms with Gasteiger partial charge in [0.2, 0.25) is 35.4 Å². The average molecular weight is 1010 g/mol. The highest BCUT2D eigenvalue weighted by Crippen LogP contribution is 2.19. The number of hydrogen-bond donors (Lipinski definition) is 5. The van der Waals surface area contributed by atoms with Gasteiger partial charge in [-0.25, -0.2) is 0 Å². The number of primary amides is 1. The quantitative estimate of drug-likeness (QED) is 0.0996. The van der Waals surface area contributed by atoms with E-state index in [-0.39, 0.29) is 107 Å². The topological polar surface area (TPSA) is 265 Å². The van der Waals surface area contributed by atoms with Gasteiger partial charge >= 0.3 is 11.9 Å². The molecule has 18 nitrogen and oxygen atoms in total. The molecule has 0 radical (unpaired) electrons. The lowest BCUT2D eigenvalue weighted by atomic mass is 10.2. The van der Waals surface area contributed by atoms with Crippen LogP contribution < -0.4 is 27.0 Å². The second-order valence-electron chi connectivity index (χ2n) is 19.2. The Morgan fingerprint density at radius 1 is 0.648 bits per heavy atom. The van der Waals surface area contributed by atoms with E-state index in [1.54, 1.807) is 34.6 Å². The molecule has 0 aromatic rings. The van der Waals surface area contributed by atoms with Crippen LogP contribution in [0.15, 0.2) is 0 Å². The Labute approximate surface area is 431 Å². The molecule has 2 fully saturated rings. The number of nitriles is 1. The van der Waals surface area contributed by atoms with Crippen LogP contribution in [0.25, 0.3) is 0 Å². The lowest BCUT2D eigenvalue weighted by Gasteiger charge is -2.28. The number of carbonyl (C=O) groups excluding carboxylic acids is 8. The second-order valence-corrected chi connectivity index (χ2v) is 19.2. The molecule has 1 aliphatic carbocycles. The Hall–Kier alpha value is -5.23. The van der Waals surface area contributed by atoms with Crippen molar-refractivity contribution >= 4 is 47.4 Å². The molecule has 0 unspecified atom stereocenters. The van der Waals surface area contributed by atoms with Gasteiger partial charge in [-0.1, -0.05) is 103 Å². The van der Waals surface area contributed by atoms with Gasteiger partial charge in [0.15, 0.2) is 0 Å². The van der Waals surface area contributed by atoms with Crippen molar-refractivity contribution in [2.75, 3.05) is 46.6 Å². The van der Waals surface area contributed by atoms with Gasteiger partial charge in [0.05, 0.1) is 51.4 Å². The normalized spacial score (nSPS) is 11.8. The highest BCUT2D eigenvalue weighted by Gasteiger charge is 2.24. The number of ether oxygens (including phenoxy) is 3. The number of methoxy groups -OCH3 is 1. The molecular formula is C53H103N7O11. The van der Waals surface area contributed by atoms with E-state index in [1.165, 1.54) is 26.9 Å². The van der Waals surface area contributed by atoms with E-state index in [0.717, 1.165) is 13.1 Å². The summed E-state index contributed by atoms with van der Waals surface area (Å²) in [5, 5.41) is 18.8. The van der Waals surface area contributed by atoms with E-state index in [2.05, 4.69) is 36.7 Å². The Balaban J connectivity index is -0.000000131. The minimum atomic E-state index is -0.241. The summed E-state index contributed by atoms with van der Waals surface area (Å²) in [7, 11) is 1.39. The molecular weight excluding hydrogens is 911 g/mol. The SMILES string of the molecule is C#CCNC(=O)C(C)C.CC(=O)NC(C)C.CC(C)C#N.CC(C)C(=O)N1CCOCC1.CC(C)C(=O)NC1CC1.CC(C)C(N)=O.CC(C)NC(=O)C(C)C.CCOC(=O)C(C)C.COC(=O)C(C)C. The van der Waals surface area contributed by atoms with Gasteiger partial charge in [-0.3, -0.25) is 38.4 Å². The van der Waals surface area contributed by atoms with Crippen molar-refractivity contribution in [3.63, 3.8) is 0 Å². The smallest absolute Gasteiger partial charge is 0.308 e. The first-order chi connectivity index (χ1) is 32.5. The van der Waals surface area contributed by atoms with Gasteiger partial charge < -0.3 is 46.1 Å². The molecule has 1 saturated heterocycles. The molecule has 18 heteroatoms. The molecule has 2 aliphatic rings. The third kappa shape index (κ3) is 69.1. The molecule has 416 valence electrons. The zero-order chi connectivity index (χ0) is 57.6. The maximum atomic E-state index is 11.4.